The number of likely N-dealkylation sites (tertiary alicyclic amines) is 1. The summed E-state index contributed by atoms with van der Waals surface area (Å²) in [6.45, 7) is 12.8. The summed E-state index contributed by atoms with van der Waals surface area (Å²) in [5, 5.41) is 3.33. The van der Waals surface area contributed by atoms with Gasteiger partial charge in [0.15, 0.2) is 0 Å². The highest BCUT2D eigenvalue weighted by Crippen LogP contribution is 2.47. The Kier molecular flexibility index (Phi) is 6.99. The van der Waals surface area contributed by atoms with E-state index in [-0.39, 0.29) is 16.7 Å². The second-order valence-electron chi connectivity index (χ2n) is 10.8. The molecule has 1 aromatic heterocycles. The third kappa shape index (κ3) is 5.12. The maximum absolute atomic E-state index is 12.4. The Labute approximate surface area is 207 Å². The molecule has 34 heavy (non-hydrogen) atoms. The summed E-state index contributed by atoms with van der Waals surface area (Å²) in [5.74, 6) is -0.244. The topological polar surface area (TPSA) is 59.5 Å². The van der Waals surface area contributed by atoms with Crippen molar-refractivity contribution in [3.63, 3.8) is 0 Å². The van der Waals surface area contributed by atoms with Gasteiger partial charge in [0, 0.05) is 42.1 Å². The largest absolute Gasteiger partial charge is 0.463 e. The van der Waals surface area contributed by atoms with E-state index < -0.39 is 5.97 Å². The maximum Gasteiger partial charge on any atom is 0.330 e. The van der Waals surface area contributed by atoms with Gasteiger partial charge in [-0.3, -0.25) is 4.79 Å². The summed E-state index contributed by atoms with van der Waals surface area (Å²) < 4.78 is 4.84. The molecule has 0 radical (unpaired) electrons. The lowest BCUT2D eigenvalue weighted by Crippen LogP contribution is -2.37. The van der Waals surface area contributed by atoms with Crippen LogP contribution in [0.3, 0.4) is 0 Å². The van der Waals surface area contributed by atoms with E-state index in [0.29, 0.717) is 25.6 Å². The fraction of sp³-hybridized carbons (Fsp3) is 0.536. The molecular formula is C28H36N2O3S. The zero-order chi connectivity index (χ0) is 24.5. The third-order valence-electron chi connectivity index (χ3n) is 7.47. The molecule has 5 nitrogen and oxygen atoms in total. The van der Waals surface area contributed by atoms with Crippen LogP contribution in [0.25, 0.3) is 11.3 Å². The summed E-state index contributed by atoms with van der Waals surface area (Å²) in [6, 6.07) is 6.92. The van der Waals surface area contributed by atoms with Gasteiger partial charge < -0.3 is 9.64 Å². The number of thiazole rings is 1. The fourth-order valence-corrected chi connectivity index (χ4v) is 6.14. The van der Waals surface area contributed by atoms with E-state index in [1.54, 1.807) is 23.2 Å². The van der Waals surface area contributed by atoms with Crippen molar-refractivity contribution in [2.24, 2.45) is 0 Å². The molecule has 0 atom stereocenters. The molecule has 4 rings (SSSR count). The highest BCUT2D eigenvalue weighted by atomic mass is 32.1. The van der Waals surface area contributed by atoms with Crippen LogP contribution in [0.2, 0.25) is 0 Å². The van der Waals surface area contributed by atoms with E-state index in [2.05, 4.69) is 51.3 Å². The lowest BCUT2D eigenvalue weighted by molar-refractivity contribution is -0.137. The molecule has 0 spiro atoms. The quantitative estimate of drug-likeness (QED) is 0.390. The predicted molar refractivity (Wildman–Crippen MR) is 137 cm³/mol. The van der Waals surface area contributed by atoms with E-state index in [4.69, 9.17) is 9.72 Å². The number of fused-ring (bicyclic) bond motifs is 1. The van der Waals surface area contributed by atoms with Crippen LogP contribution in [0.1, 0.15) is 82.4 Å². The molecule has 2 aliphatic rings. The normalized spacial score (nSPS) is 19.7. The molecule has 1 aliphatic carbocycles. The summed E-state index contributed by atoms with van der Waals surface area (Å²) in [6.07, 6.45) is 6.72. The van der Waals surface area contributed by atoms with Crippen LogP contribution in [0.15, 0.2) is 35.7 Å². The molecule has 0 unspecified atom stereocenters. The highest BCUT2D eigenvalue weighted by Gasteiger charge is 2.37. The molecule has 182 valence electrons. The monoisotopic (exact) mass is 480 g/mol. The average Bonchev–Trinajstić information content (AvgIpc) is 3.31. The minimum absolute atomic E-state index is 0.133. The Morgan fingerprint density at radius 1 is 1.09 bits per heavy atom. The molecule has 1 amide bonds. The van der Waals surface area contributed by atoms with Crippen LogP contribution < -0.4 is 0 Å². The number of amides is 1. The summed E-state index contributed by atoms with van der Waals surface area (Å²) in [4.78, 5) is 30.6. The van der Waals surface area contributed by atoms with Crippen molar-refractivity contribution in [2.45, 2.75) is 77.0 Å². The van der Waals surface area contributed by atoms with Gasteiger partial charge in [-0.25, -0.2) is 9.78 Å². The van der Waals surface area contributed by atoms with Gasteiger partial charge >= 0.3 is 5.97 Å². The van der Waals surface area contributed by atoms with Gasteiger partial charge in [0.25, 0.3) is 0 Å². The van der Waals surface area contributed by atoms with Crippen molar-refractivity contribution in [1.82, 2.24) is 9.88 Å². The second kappa shape index (κ2) is 9.65. The Morgan fingerprint density at radius 2 is 1.76 bits per heavy atom. The number of piperidine rings is 1. The zero-order valence-corrected chi connectivity index (χ0v) is 21.8. The molecule has 1 aromatic carbocycles. The summed E-state index contributed by atoms with van der Waals surface area (Å²) >= 11 is 1.73. The molecule has 1 saturated heterocycles. The predicted octanol–water partition coefficient (Wildman–Crippen LogP) is 5.98. The molecule has 2 heterocycles. The minimum atomic E-state index is -0.477. The van der Waals surface area contributed by atoms with Gasteiger partial charge in [-0.2, -0.15) is 0 Å². The Balaban J connectivity index is 1.43. The number of benzene rings is 1. The first-order valence-electron chi connectivity index (χ1n) is 12.4. The number of nitrogens with zero attached hydrogens (tertiary/aromatic N) is 2. The van der Waals surface area contributed by atoms with Crippen molar-refractivity contribution < 1.29 is 14.3 Å². The number of hydrogen-bond acceptors (Lipinski definition) is 5. The van der Waals surface area contributed by atoms with Crippen LogP contribution in [-0.4, -0.2) is 41.5 Å². The van der Waals surface area contributed by atoms with Crippen molar-refractivity contribution >= 4 is 23.2 Å². The first-order chi connectivity index (χ1) is 16.1. The van der Waals surface area contributed by atoms with E-state index >= 15 is 0 Å². The number of ether oxygens (including phenoxy) is 1. The van der Waals surface area contributed by atoms with Crippen LogP contribution in [0.5, 0.6) is 0 Å². The summed E-state index contributed by atoms with van der Waals surface area (Å²) in [5.41, 5.74) is 5.58. The van der Waals surface area contributed by atoms with Crippen molar-refractivity contribution in [3.8, 4) is 11.3 Å². The number of hydrogen-bond donors (Lipinski definition) is 0. The number of carbonyl (C=O) groups is 2. The van der Waals surface area contributed by atoms with Crippen LogP contribution in [0, 0.1) is 0 Å². The fourth-order valence-electron chi connectivity index (χ4n) is 5.14. The smallest absolute Gasteiger partial charge is 0.330 e. The number of rotatable bonds is 5. The average molecular weight is 481 g/mol. The number of carbonyl (C=O) groups excluding carboxylic acids is 2. The number of aromatic nitrogens is 1. The third-order valence-corrected chi connectivity index (χ3v) is 8.48. The highest BCUT2D eigenvalue weighted by molar-refractivity contribution is 7.10. The zero-order valence-electron chi connectivity index (χ0n) is 21.0. The van der Waals surface area contributed by atoms with Crippen molar-refractivity contribution in [3.05, 3.63) is 51.9 Å². The van der Waals surface area contributed by atoms with Crippen molar-refractivity contribution in [2.75, 3.05) is 19.7 Å². The van der Waals surface area contributed by atoms with E-state index in [1.807, 2.05) is 0 Å². The Morgan fingerprint density at radius 3 is 2.44 bits per heavy atom. The van der Waals surface area contributed by atoms with Crippen molar-refractivity contribution in [1.29, 1.82) is 0 Å². The SMILES string of the molecule is CCOC(=O)C=CC(=O)N1CCC(c2nc(-c3ccc4c(c3)C(C)(C)CCC4(C)C)cs2)CC1. The first-order valence-corrected chi connectivity index (χ1v) is 13.2. The van der Waals surface area contributed by atoms with Crippen LogP contribution in [0.4, 0.5) is 0 Å². The van der Waals surface area contributed by atoms with Gasteiger partial charge in [0.1, 0.15) is 0 Å². The maximum atomic E-state index is 12.4. The molecule has 0 bridgehead atoms. The van der Waals surface area contributed by atoms with Gasteiger partial charge in [-0.05, 0) is 60.6 Å². The van der Waals surface area contributed by atoms with E-state index in [0.717, 1.165) is 23.5 Å². The van der Waals surface area contributed by atoms with Crippen LogP contribution >= 0.6 is 11.3 Å². The van der Waals surface area contributed by atoms with Gasteiger partial charge in [-0.1, -0.05) is 39.8 Å². The molecule has 1 fully saturated rings. The molecule has 0 saturated carbocycles. The number of esters is 1. The lowest BCUT2D eigenvalue weighted by Gasteiger charge is -2.42. The molecule has 2 aromatic rings. The molecule has 6 heteroatoms. The summed E-state index contributed by atoms with van der Waals surface area (Å²) in [7, 11) is 0. The van der Waals surface area contributed by atoms with Gasteiger partial charge in [0.2, 0.25) is 5.91 Å². The Bertz CT molecular complexity index is 1090. The first kappa shape index (κ1) is 24.6. The van der Waals surface area contributed by atoms with Gasteiger partial charge in [-0.15, -0.1) is 11.3 Å². The standard InChI is InChI=1S/C28H36N2O3S/c1-6-33-25(32)10-9-24(31)30-15-11-19(12-16-30)26-29-23(18-34-26)20-7-8-21-22(17-20)28(4,5)14-13-27(21,2)3/h7-10,17-19H,6,11-16H2,1-5H3. The molecule has 1 aliphatic heterocycles. The Hall–Kier alpha value is -2.47. The van der Waals surface area contributed by atoms with Gasteiger partial charge in [0.05, 0.1) is 17.3 Å². The molecular weight excluding hydrogens is 444 g/mol. The second-order valence-corrected chi connectivity index (χ2v) is 11.7. The van der Waals surface area contributed by atoms with Crippen LogP contribution in [-0.2, 0) is 25.2 Å². The lowest BCUT2D eigenvalue weighted by atomic mass is 9.63. The van der Waals surface area contributed by atoms with E-state index in [1.165, 1.54) is 41.7 Å². The van der Waals surface area contributed by atoms with E-state index in [9.17, 15) is 9.59 Å². The molecule has 0 N–H and O–H groups in total. The minimum Gasteiger partial charge on any atom is -0.463 e.